The van der Waals surface area contributed by atoms with Crippen LogP contribution in [-0.4, -0.2) is 19.3 Å². The van der Waals surface area contributed by atoms with Gasteiger partial charge in [-0.15, -0.1) is 0 Å². The Morgan fingerprint density at radius 3 is 2.69 bits per heavy atom. The number of benzene rings is 1. The van der Waals surface area contributed by atoms with Crippen molar-refractivity contribution in [3.63, 3.8) is 0 Å². The molecule has 16 heavy (non-hydrogen) atoms. The van der Waals surface area contributed by atoms with E-state index in [0.717, 1.165) is 24.1 Å². The van der Waals surface area contributed by atoms with Crippen molar-refractivity contribution < 1.29 is 9.47 Å². The SMILES string of the molecule is c1cc2c(cc1CNC1CCC1)OCCO2. The summed E-state index contributed by atoms with van der Waals surface area (Å²) in [6, 6.07) is 6.93. The van der Waals surface area contributed by atoms with E-state index >= 15 is 0 Å². The van der Waals surface area contributed by atoms with Crippen LogP contribution in [0.25, 0.3) is 0 Å². The van der Waals surface area contributed by atoms with Crippen molar-refractivity contribution in [1.82, 2.24) is 5.32 Å². The zero-order chi connectivity index (χ0) is 10.8. The van der Waals surface area contributed by atoms with Gasteiger partial charge < -0.3 is 14.8 Å². The maximum Gasteiger partial charge on any atom is 0.161 e. The van der Waals surface area contributed by atoms with Crippen LogP contribution in [0.2, 0.25) is 0 Å². The lowest BCUT2D eigenvalue weighted by Crippen LogP contribution is -2.34. The summed E-state index contributed by atoms with van der Waals surface area (Å²) in [5, 5.41) is 3.55. The van der Waals surface area contributed by atoms with E-state index in [4.69, 9.17) is 9.47 Å². The molecule has 0 radical (unpaired) electrons. The summed E-state index contributed by atoms with van der Waals surface area (Å²) >= 11 is 0. The standard InChI is InChI=1S/C13H17NO2/c1-2-11(3-1)14-9-10-4-5-12-13(8-10)16-7-6-15-12/h4-5,8,11,14H,1-3,6-7,9H2. The highest BCUT2D eigenvalue weighted by Gasteiger charge is 2.17. The maximum absolute atomic E-state index is 5.56. The van der Waals surface area contributed by atoms with Crippen molar-refractivity contribution in [1.29, 1.82) is 0 Å². The van der Waals surface area contributed by atoms with E-state index in [1.54, 1.807) is 0 Å². The number of hydrogen-bond acceptors (Lipinski definition) is 3. The van der Waals surface area contributed by atoms with Gasteiger partial charge in [-0.05, 0) is 30.5 Å². The van der Waals surface area contributed by atoms with Crippen molar-refractivity contribution in [2.45, 2.75) is 31.8 Å². The highest BCUT2D eigenvalue weighted by molar-refractivity contribution is 5.43. The van der Waals surface area contributed by atoms with Gasteiger partial charge in [-0.3, -0.25) is 0 Å². The fraction of sp³-hybridized carbons (Fsp3) is 0.538. The lowest BCUT2D eigenvalue weighted by atomic mass is 9.93. The summed E-state index contributed by atoms with van der Waals surface area (Å²) in [5.41, 5.74) is 1.27. The Hall–Kier alpha value is -1.22. The van der Waals surface area contributed by atoms with Crippen LogP contribution in [0.15, 0.2) is 18.2 Å². The van der Waals surface area contributed by atoms with Crippen molar-refractivity contribution in [2.24, 2.45) is 0 Å². The molecule has 86 valence electrons. The molecule has 0 atom stereocenters. The summed E-state index contributed by atoms with van der Waals surface area (Å²) < 4.78 is 11.0. The third-order valence-electron chi connectivity index (χ3n) is 3.31. The van der Waals surface area contributed by atoms with Gasteiger partial charge in [-0.2, -0.15) is 0 Å². The number of ether oxygens (including phenoxy) is 2. The van der Waals surface area contributed by atoms with Gasteiger partial charge in [0.2, 0.25) is 0 Å². The van der Waals surface area contributed by atoms with Gasteiger partial charge in [0.25, 0.3) is 0 Å². The largest absolute Gasteiger partial charge is 0.486 e. The molecule has 1 aromatic rings. The first-order chi connectivity index (χ1) is 7.92. The summed E-state index contributed by atoms with van der Waals surface area (Å²) in [6.07, 6.45) is 4.02. The first kappa shape index (κ1) is 9.97. The molecule has 1 saturated carbocycles. The van der Waals surface area contributed by atoms with Crippen LogP contribution in [0.1, 0.15) is 24.8 Å². The summed E-state index contributed by atoms with van der Waals surface area (Å²) in [5.74, 6) is 1.76. The van der Waals surface area contributed by atoms with Crippen molar-refractivity contribution in [3.05, 3.63) is 23.8 Å². The Labute approximate surface area is 95.8 Å². The monoisotopic (exact) mass is 219 g/mol. The Balaban J connectivity index is 1.65. The molecule has 1 aliphatic carbocycles. The molecular weight excluding hydrogens is 202 g/mol. The molecule has 0 bridgehead atoms. The quantitative estimate of drug-likeness (QED) is 0.844. The lowest BCUT2D eigenvalue weighted by molar-refractivity contribution is 0.171. The molecule has 0 unspecified atom stereocenters. The van der Waals surface area contributed by atoms with Crippen LogP contribution < -0.4 is 14.8 Å². The molecule has 0 amide bonds. The first-order valence-corrected chi connectivity index (χ1v) is 6.04. The number of nitrogens with one attached hydrogen (secondary N) is 1. The van der Waals surface area contributed by atoms with E-state index in [2.05, 4.69) is 17.4 Å². The van der Waals surface area contributed by atoms with Crippen molar-refractivity contribution in [3.8, 4) is 11.5 Å². The fourth-order valence-corrected chi connectivity index (χ4v) is 2.07. The van der Waals surface area contributed by atoms with Gasteiger partial charge in [0.1, 0.15) is 13.2 Å². The summed E-state index contributed by atoms with van der Waals surface area (Å²) in [6.45, 7) is 2.25. The predicted octanol–water partition coefficient (Wildman–Crippen LogP) is 2.10. The summed E-state index contributed by atoms with van der Waals surface area (Å²) in [4.78, 5) is 0. The Kier molecular flexibility index (Phi) is 2.70. The highest BCUT2D eigenvalue weighted by Crippen LogP contribution is 2.30. The van der Waals surface area contributed by atoms with Gasteiger partial charge in [-0.1, -0.05) is 12.5 Å². The van der Waals surface area contributed by atoms with Crippen molar-refractivity contribution >= 4 is 0 Å². The minimum atomic E-state index is 0.659. The van der Waals surface area contributed by atoms with Crippen molar-refractivity contribution in [2.75, 3.05) is 13.2 Å². The van der Waals surface area contributed by atoms with E-state index < -0.39 is 0 Å². The van der Waals surface area contributed by atoms with E-state index in [0.29, 0.717) is 13.2 Å². The van der Waals surface area contributed by atoms with Gasteiger partial charge in [-0.25, -0.2) is 0 Å². The lowest BCUT2D eigenvalue weighted by Gasteiger charge is -2.27. The molecule has 3 rings (SSSR count). The maximum atomic E-state index is 5.56. The highest BCUT2D eigenvalue weighted by atomic mass is 16.6. The van der Waals surface area contributed by atoms with Crippen LogP contribution in [0, 0.1) is 0 Å². The average molecular weight is 219 g/mol. The normalized spacial score (nSPS) is 19.2. The van der Waals surface area contributed by atoms with Gasteiger partial charge in [0, 0.05) is 12.6 Å². The predicted molar refractivity (Wildman–Crippen MR) is 61.9 cm³/mol. The second kappa shape index (κ2) is 4.34. The van der Waals surface area contributed by atoms with Crippen LogP contribution in [0.4, 0.5) is 0 Å². The van der Waals surface area contributed by atoms with E-state index in [9.17, 15) is 0 Å². The average Bonchev–Trinajstić information content (AvgIpc) is 2.27. The third-order valence-corrected chi connectivity index (χ3v) is 3.31. The van der Waals surface area contributed by atoms with Crippen LogP contribution in [0.3, 0.4) is 0 Å². The molecule has 1 aliphatic heterocycles. The Morgan fingerprint density at radius 2 is 1.94 bits per heavy atom. The van der Waals surface area contributed by atoms with Crippen LogP contribution >= 0.6 is 0 Å². The number of hydrogen-bond donors (Lipinski definition) is 1. The molecule has 1 fully saturated rings. The van der Waals surface area contributed by atoms with E-state index in [1.165, 1.54) is 24.8 Å². The minimum Gasteiger partial charge on any atom is -0.486 e. The Morgan fingerprint density at radius 1 is 1.12 bits per heavy atom. The zero-order valence-electron chi connectivity index (χ0n) is 9.37. The Bertz CT molecular complexity index is 374. The molecular formula is C13H17NO2. The van der Waals surface area contributed by atoms with Gasteiger partial charge >= 0.3 is 0 Å². The molecule has 3 heteroatoms. The van der Waals surface area contributed by atoms with Gasteiger partial charge in [0.15, 0.2) is 11.5 Å². The van der Waals surface area contributed by atoms with Crippen LogP contribution in [-0.2, 0) is 6.54 Å². The summed E-state index contributed by atoms with van der Waals surface area (Å²) in [7, 11) is 0. The van der Waals surface area contributed by atoms with Crippen LogP contribution in [0.5, 0.6) is 11.5 Å². The molecule has 0 spiro atoms. The minimum absolute atomic E-state index is 0.659. The molecule has 0 aromatic heterocycles. The second-order valence-corrected chi connectivity index (χ2v) is 4.49. The second-order valence-electron chi connectivity index (χ2n) is 4.49. The third kappa shape index (κ3) is 2.00. The van der Waals surface area contributed by atoms with Gasteiger partial charge in [0.05, 0.1) is 0 Å². The fourth-order valence-electron chi connectivity index (χ4n) is 2.07. The zero-order valence-corrected chi connectivity index (χ0v) is 9.37. The smallest absolute Gasteiger partial charge is 0.161 e. The molecule has 2 aliphatic rings. The first-order valence-electron chi connectivity index (χ1n) is 6.04. The molecule has 1 heterocycles. The number of fused-ring (bicyclic) bond motifs is 1. The molecule has 0 saturated heterocycles. The topological polar surface area (TPSA) is 30.5 Å². The molecule has 1 aromatic carbocycles. The molecule has 1 N–H and O–H groups in total. The van der Waals surface area contributed by atoms with E-state index in [-0.39, 0.29) is 0 Å². The van der Waals surface area contributed by atoms with E-state index in [1.807, 2.05) is 6.07 Å². The molecule has 3 nitrogen and oxygen atoms in total. The number of rotatable bonds is 3.